The van der Waals surface area contributed by atoms with Crippen LogP contribution in [0, 0.1) is 0 Å². The standard InChI is InChI=1S/C15H22O2S/c16-14(15-10-6-12-18-15)9-5-11-17-13-7-3-1-2-4-8-13/h6,10,12-13H,1-5,7-9,11H2. The molecule has 18 heavy (non-hydrogen) atoms. The molecule has 2 rings (SSSR count). The van der Waals surface area contributed by atoms with Gasteiger partial charge in [0, 0.05) is 13.0 Å². The summed E-state index contributed by atoms with van der Waals surface area (Å²) in [6, 6.07) is 3.83. The first kappa shape index (κ1) is 13.8. The lowest BCUT2D eigenvalue weighted by atomic mass is 10.1. The fraction of sp³-hybridized carbons (Fsp3) is 0.667. The van der Waals surface area contributed by atoms with Crippen LogP contribution in [-0.2, 0) is 4.74 Å². The molecule has 0 atom stereocenters. The SMILES string of the molecule is O=C(CCCOC1CCCCCC1)c1cccs1. The Bertz CT molecular complexity index is 337. The fourth-order valence-corrected chi connectivity index (χ4v) is 3.15. The van der Waals surface area contributed by atoms with Crippen molar-refractivity contribution in [1.82, 2.24) is 0 Å². The van der Waals surface area contributed by atoms with Gasteiger partial charge in [-0.15, -0.1) is 11.3 Å². The van der Waals surface area contributed by atoms with Gasteiger partial charge in [0.05, 0.1) is 11.0 Å². The molecular formula is C15H22O2S. The Hall–Kier alpha value is -0.670. The van der Waals surface area contributed by atoms with E-state index in [4.69, 9.17) is 4.74 Å². The first-order valence-electron chi connectivity index (χ1n) is 7.04. The van der Waals surface area contributed by atoms with E-state index in [0.717, 1.165) is 17.9 Å². The summed E-state index contributed by atoms with van der Waals surface area (Å²) in [4.78, 5) is 12.6. The number of hydrogen-bond acceptors (Lipinski definition) is 3. The highest BCUT2D eigenvalue weighted by molar-refractivity contribution is 7.12. The number of ether oxygens (including phenoxy) is 1. The molecule has 0 aliphatic heterocycles. The summed E-state index contributed by atoms with van der Waals surface area (Å²) in [5.41, 5.74) is 0. The van der Waals surface area contributed by atoms with Gasteiger partial charge in [0.25, 0.3) is 0 Å². The minimum atomic E-state index is 0.259. The van der Waals surface area contributed by atoms with Crippen LogP contribution in [0.25, 0.3) is 0 Å². The second-order valence-corrected chi connectivity index (χ2v) is 5.94. The van der Waals surface area contributed by atoms with Gasteiger partial charge in [-0.3, -0.25) is 4.79 Å². The van der Waals surface area contributed by atoms with Crippen molar-refractivity contribution in [3.8, 4) is 0 Å². The normalized spacial score (nSPS) is 17.6. The average molecular weight is 266 g/mol. The lowest BCUT2D eigenvalue weighted by Crippen LogP contribution is -2.13. The molecule has 0 aromatic carbocycles. The van der Waals surface area contributed by atoms with Gasteiger partial charge in [0.2, 0.25) is 0 Å². The summed E-state index contributed by atoms with van der Waals surface area (Å²) >= 11 is 1.53. The van der Waals surface area contributed by atoms with Crippen LogP contribution in [0.4, 0.5) is 0 Å². The highest BCUT2D eigenvalue weighted by atomic mass is 32.1. The molecular weight excluding hydrogens is 244 g/mol. The van der Waals surface area contributed by atoms with Gasteiger partial charge in [0.15, 0.2) is 5.78 Å². The number of Topliss-reactive ketones (excluding diaryl/α,β-unsaturated/α-hetero) is 1. The predicted molar refractivity (Wildman–Crippen MR) is 75.3 cm³/mol. The van der Waals surface area contributed by atoms with Gasteiger partial charge in [-0.25, -0.2) is 0 Å². The molecule has 1 heterocycles. The van der Waals surface area contributed by atoms with Crippen LogP contribution in [0.3, 0.4) is 0 Å². The topological polar surface area (TPSA) is 26.3 Å². The van der Waals surface area contributed by atoms with Crippen LogP contribution in [-0.4, -0.2) is 18.5 Å². The van der Waals surface area contributed by atoms with Gasteiger partial charge in [-0.1, -0.05) is 31.7 Å². The molecule has 2 nitrogen and oxygen atoms in total. The average Bonchev–Trinajstić information content (AvgIpc) is 2.80. The van der Waals surface area contributed by atoms with Crippen molar-refractivity contribution in [2.45, 2.75) is 57.5 Å². The van der Waals surface area contributed by atoms with E-state index < -0.39 is 0 Å². The number of thiophene rings is 1. The van der Waals surface area contributed by atoms with Crippen LogP contribution in [0.2, 0.25) is 0 Å². The van der Waals surface area contributed by atoms with Crippen LogP contribution in [0.5, 0.6) is 0 Å². The third-order valence-corrected chi connectivity index (χ3v) is 4.41. The van der Waals surface area contributed by atoms with Crippen molar-refractivity contribution in [1.29, 1.82) is 0 Å². The summed E-state index contributed by atoms with van der Waals surface area (Å²) < 4.78 is 5.88. The number of rotatable bonds is 6. The molecule has 0 radical (unpaired) electrons. The third kappa shape index (κ3) is 4.54. The molecule has 0 spiro atoms. The van der Waals surface area contributed by atoms with E-state index in [0.29, 0.717) is 12.5 Å². The Kier molecular flexibility index (Phi) is 5.88. The molecule has 0 saturated heterocycles. The molecule has 100 valence electrons. The Morgan fingerprint density at radius 2 is 2.06 bits per heavy atom. The largest absolute Gasteiger partial charge is 0.378 e. The van der Waals surface area contributed by atoms with Crippen LogP contribution in [0.15, 0.2) is 17.5 Å². The summed E-state index contributed by atoms with van der Waals surface area (Å²) in [6.07, 6.45) is 9.66. The molecule has 1 aliphatic rings. The predicted octanol–water partition coefficient (Wildman–Crippen LogP) is 4.45. The van der Waals surface area contributed by atoms with Crippen molar-refractivity contribution >= 4 is 17.1 Å². The Morgan fingerprint density at radius 1 is 1.28 bits per heavy atom. The van der Waals surface area contributed by atoms with Crippen molar-refractivity contribution in [3.63, 3.8) is 0 Å². The fourth-order valence-electron chi connectivity index (χ4n) is 2.45. The minimum absolute atomic E-state index is 0.259. The number of carbonyl (C=O) groups excluding carboxylic acids is 1. The molecule has 0 N–H and O–H groups in total. The van der Waals surface area contributed by atoms with E-state index in [1.165, 1.54) is 49.9 Å². The van der Waals surface area contributed by atoms with Gasteiger partial charge < -0.3 is 4.74 Å². The third-order valence-electron chi connectivity index (χ3n) is 3.50. The molecule has 1 aromatic heterocycles. The van der Waals surface area contributed by atoms with E-state index in [2.05, 4.69) is 0 Å². The summed E-state index contributed by atoms with van der Waals surface area (Å²) in [5.74, 6) is 0.259. The molecule has 1 fully saturated rings. The lowest BCUT2D eigenvalue weighted by Gasteiger charge is -2.14. The zero-order valence-corrected chi connectivity index (χ0v) is 11.7. The summed E-state index contributed by atoms with van der Waals surface area (Å²) in [5, 5.41) is 1.95. The smallest absolute Gasteiger partial charge is 0.172 e. The first-order chi connectivity index (χ1) is 8.86. The highest BCUT2D eigenvalue weighted by Crippen LogP contribution is 2.20. The van der Waals surface area contributed by atoms with E-state index in [9.17, 15) is 4.79 Å². The van der Waals surface area contributed by atoms with Gasteiger partial charge in [0.1, 0.15) is 0 Å². The molecule has 0 bridgehead atoms. The van der Waals surface area contributed by atoms with E-state index in [1.807, 2.05) is 17.5 Å². The number of ketones is 1. The Balaban J connectivity index is 1.59. The maximum Gasteiger partial charge on any atom is 0.172 e. The first-order valence-corrected chi connectivity index (χ1v) is 7.92. The second kappa shape index (κ2) is 7.70. The molecule has 0 unspecified atom stereocenters. The number of carbonyl (C=O) groups is 1. The maximum absolute atomic E-state index is 11.8. The summed E-state index contributed by atoms with van der Waals surface area (Å²) in [6.45, 7) is 0.738. The molecule has 0 amide bonds. The van der Waals surface area contributed by atoms with Gasteiger partial charge in [-0.05, 0) is 30.7 Å². The second-order valence-electron chi connectivity index (χ2n) is 4.99. The summed E-state index contributed by atoms with van der Waals surface area (Å²) in [7, 11) is 0. The van der Waals surface area contributed by atoms with E-state index in [-0.39, 0.29) is 5.78 Å². The van der Waals surface area contributed by atoms with Crippen LogP contribution >= 0.6 is 11.3 Å². The van der Waals surface area contributed by atoms with E-state index in [1.54, 1.807) is 0 Å². The van der Waals surface area contributed by atoms with Crippen LogP contribution < -0.4 is 0 Å². The van der Waals surface area contributed by atoms with Crippen molar-refractivity contribution in [3.05, 3.63) is 22.4 Å². The number of hydrogen-bond donors (Lipinski definition) is 0. The lowest BCUT2D eigenvalue weighted by molar-refractivity contribution is 0.0405. The Labute approximate surface area is 113 Å². The minimum Gasteiger partial charge on any atom is -0.378 e. The van der Waals surface area contributed by atoms with Crippen LogP contribution in [0.1, 0.15) is 61.0 Å². The van der Waals surface area contributed by atoms with Crippen molar-refractivity contribution in [2.75, 3.05) is 6.61 Å². The molecule has 1 saturated carbocycles. The zero-order chi connectivity index (χ0) is 12.6. The van der Waals surface area contributed by atoms with E-state index >= 15 is 0 Å². The molecule has 3 heteroatoms. The molecule has 1 aliphatic carbocycles. The zero-order valence-electron chi connectivity index (χ0n) is 10.9. The molecule has 1 aromatic rings. The van der Waals surface area contributed by atoms with Gasteiger partial charge >= 0.3 is 0 Å². The van der Waals surface area contributed by atoms with Crippen molar-refractivity contribution in [2.24, 2.45) is 0 Å². The maximum atomic E-state index is 11.8. The van der Waals surface area contributed by atoms with Crippen molar-refractivity contribution < 1.29 is 9.53 Å². The highest BCUT2D eigenvalue weighted by Gasteiger charge is 2.12. The van der Waals surface area contributed by atoms with Gasteiger partial charge in [-0.2, -0.15) is 0 Å². The Morgan fingerprint density at radius 3 is 2.72 bits per heavy atom. The quantitative estimate of drug-likeness (QED) is 0.432. The monoisotopic (exact) mass is 266 g/mol.